The van der Waals surface area contributed by atoms with Gasteiger partial charge in [0.25, 0.3) is 0 Å². The second kappa shape index (κ2) is 7.39. The third-order valence-electron chi connectivity index (χ3n) is 2.86. The van der Waals surface area contributed by atoms with E-state index in [0.717, 1.165) is 11.3 Å². The fourth-order valence-corrected chi connectivity index (χ4v) is 1.89. The highest BCUT2D eigenvalue weighted by molar-refractivity contribution is 5.36. The number of benzene rings is 1. The van der Waals surface area contributed by atoms with Crippen molar-refractivity contribution < 1.29 is 14.9 Å². The maximum absolute atomic E-state index is 9.51. The Morgan fingerprint density at radius 3 is 2.44 bits per heavy atom. The molecule has 0 saturated carbocycles. The average Bonchev–Trinajstić information content (AvgIpc) is 2.36. The van der Waals surface area contributed by atoms with Crippen LogP contribution in [0.2, 0.25) is 0 Å². The molecule has 18 heavy (non-hydrogen) atoms. The van der Waals surface area contributed by atoms with Gasteiger partial charge < -0.3 is 14.9 Å². The van der Waals surface area contributed by atoms with Gasteiger partial charge in [0, 0.05) is 0 Å². The van der Waals surface area contributed by atoms with Crippen LogP contribution in [0.5, 0.6) is 5.75 Å². The Bertz CT molecular complexity index is 349. The van der Waals surface area contributed by atoms with Crippen molar-refractivity contribution in [2.45, 2.75) is 39.2 Å². The van der Waals surface area contributed by atoms with Crippen molar-refractivity contribution >= 4 is 0 Å². The first kappa shape index (κ1) is 15.0. The van der Waals surface area contributed by atoms with Crippen molar-refractivity contribution in [3.05, 3.63) is 29.8 Å². The molecule has 0 amide bonds. The molecule has 0 bridgehead atoms. The first-order valence-electron chi connectivity index (χ1n) is 6.55. The van der Waals surface area contributed by atoms with Crippen LogP contribution in [0.4, 0.5) is 0 Å². The molecule has 1 rings (SSSR count). The molecule has 102 valence electrons. The monoisotopic (exact) mass is 252 g/mol. The molecule has 1 aromatic carbocycles. The largest absolute Gasteiger partial charge is 0.493 e. The lowest BCUT2D eigenvalue weighted by Crippen LogP contribution is -2.16. The lowest BCUT2D eigenvalue weighted by Gasteiger charge is -2.19. The molecule has 0 heterocycles. The molecule has 0 aromatic heterocycles. The van der Waals surface area contributed by atoms with E-state index in [1.54, 1.807) is 0 Å². The third kappa shape index (κ3) is 4.67. The molecule has 0 aliphatic carbocycles. The zero-order valence-electron chi connectivity index (χ0n) is 11.5. The lowest BCUT2D eigenvalue weighted by molar-refractivity contribution is 0.0832. The molecule has 1 aromatic rings. The fraction of sp³-hybridized carbons (Fsp3) is 0.600. The van der Waals surface area contributed by atoms with E-state index in [1.807, 2.05) is 31.2 Å². The summed E-state index contributed by atoms with van der Waals surface area (Å²) in [7, 11) is 0. The van der Waals surface area contributed by atoms with Gasteiger partial charge in [0.2, 0.25) is 0 Å². The minimum Gasteiger partial charge on any atom is -0.493 e. The normalized spacial score (nSPS) is 14.6. The van der Waals surface area contributed by atoms with E-state index in [2.05, 4.69) is 13.8 Å². The highest BCUT2D eigenvalue weighted by Crippen LogP contribution is 2.29. The molecule has 0 aliphatic heterocycles. The number of aliphatic hydroxyl groups excluding tert-OH is 2. The maximum Gasteiger partial charge on any atom is 0.122 e. The Morgan fingerprint density at radius 1 is 1.17 bits per heavy atom. The van der Waals surface area contributed by atoms with Crippen LogP contribution in [0.1, 0.15) is 38.7 Å². The summed E-state index contributed by atoms with van der Waals surface area (Å²) in [5.74, 6) is 1.52. The number of ether oxygens (including phenoxy) is 1. The van der Waals surface area contributed by atoms with Gasteiger partial charge in [-0.15, -0.1) is 0 Å². The van der Waals surface area contributed by atoms with Gasteiger partial charge >= 0.3 is 0 Å². The van der Waals surface area contributed by atoms with Crippen LogP contribution in [-0.4, -0.2) is 29.5 Å². The smallest absolute Gasteiger partial charge is 0.122 e. The molecule has 2 atom stereocenters. The number of aliphatic hydroxyl groups is 2. The Labute approximate surface area is 109 Å². The van der Waals surface area contributed by atoms with Crippen LogP contribution in [-0.2, 0) is 0 Å². The number of hydrogen-bond acceptors (Lipinski definition) is 3. The predicted octanol–water partition coefficient (Wildman–Crippen LogP) is 2.57. The van der Waals surface area contributed by atoms with Gasteiger partial charge in [0.15, 0.2) is 0 Å². The van der Waals surface area contributed by atoms with E-state index >= 15 is 0 Å². The number of hydrogen-bond donors (Lipinski definition) is 2. The second-order valence-corrected chi connectivity index (χ2v) is 5.22. The third-order valence-corrected chi connectivity index (χ3v) is 2.86. The summed E-state index contributed by atoms with van der Waals surface area (Å²) >= 11 is 0. The van der Waals surface area contributed by atoms with Crippen molar-refractivity contribution in [2.75, 3.05) is 13.2 Å². The number of rotatable bonds is 7. The van der Waals surface area contributed by atoms with E-state index in [0.29, 0.717) is 18.9 Å². The molecule has 0 radical (unpaired) electrons. The Kier molecular flexibility index (Phi) is 6.16. The van der Waals surface area contributed by atoms with Crippen molar-refractivity contribution in [3.63, 3.8) is 0 Å². The van der Waals surface area contributed by atoms with Crippen molar-refractivity contribution in [1.82, 2.24) is 0 Å². The van der Waals surface area contributed by atoms with E-state index in [4.69, 9.17) is 9.84 Å². The van der Waals surface area contributed by atoms with Crippen LogP contribution in [0.3, 0.4) is 0 Å². The Morgan fingerprint density at radius 2 is 1.83 bits per heavy atom. The van der Waals surface area contributed by atoms with E-state index in [1.165, 1.54) is 0 Å². The van der Waals surface area contributed by atoms with Gasteiger partial charge in [0.05, 0.1) is 19.3 Å². The van der Waals surface area contributed by atoms with Gasteiger partial charge in [-0.2, -0.15) is 0 Å². The van der Waals surface area contributed by atoms with E-state index < -0.39 is 6.10 Å². The maximum atomic E-state index is 9.51. The topological polar surface area (TPSA) is 49.7 Å². The van der Waals surface area contributed by atoms with E-state index in [9.17, 15) is 5.11 Å². The predicted molar refractivity (Wildman–Crippen MR) is 72.9 cm³/mol. The summed E-state index contributed by atoms with van der Waals surface area (Å²) in [6, 6.07) is 7.90. The SMILES string of the molecule is CC(C)COc1ccccc1C(C)CC(O)CO. The fourth-order valence-electron chi connectivity index (χ4n) is 1.89. The van der Waals surface area contributed by atoms with E-state index in [-0.39, 0.29) is 12.5 Å². The summed E-state index contributed by atoms with van der Waals surface area (Å²) in [5, 5.41) is 18.4. The average molecular weight is 252 g/mol. The Balaban J connectivity index is 2.74. The van der Waals surface area contributed by atoms with Crippen molar-refractivity contribution in [2.24, 2.45) is 5.92 Å². The standard InChI is InChI=1S/C15H24O3/c1-11(2)10-18-15-7-5-4-6-14(15)12(3)8-13(17)9-16/h4-7,11-13,16-17H,8-10H2,1-3H3. The summed E-state index contributed by atoms with van der Waals surface area (Å²) in [5.41, 5.74) is 1.09. The summed E-state index contributed by atoms with van der Waals surface area (Å²) in [6.07, 6.45) is -0.128. The summed E-state index contributed by atoms with van der Waals surface area (Å²) in [4.78, 5) is 0. The molecular weight excluding hydrogens is 228 g/mol. The molecular formula is C15H24O3. The molecule has 3 heteroatoms. The van der Waals surface area contributed by atoms with Crippen LogP contribution < -0.4 is 4.74 Å². The van der Waals surface area contributed by atoms with Gasteiger partial charge in [-0.1, -0.05) is 39.0 Å². The van der Waals surface area contributed by atoms with Crippen LogP contribution in [0.15, 0.2) is 24.3 Å². The van der Waals surface area contributed by atoms with Gasteiger partial charge in [-0.25, -0.2) is 0 Å². The van der Waals surface area contributed by atoms with Gasteiger partial charge in [0.1, 0.15) is 5.75 Å². The van der Waals surface area contributed by atoms with Crippen molar-refractivity contribution in [1.29, 1.82) is 0 Å². The van der Waals surface area contributed by atoms with Gasteiger partial charge in [-0.3, -0.25) is 0 Å². The zero-order valence-corrected chi connectivity index (χ0v) is 11.5. The highest BCUT2D eigenvalue weighted by Gasteiger charge is 2.15. The molecule has 0 spiro atoms. The molecule has 0 aliphatic rings. The first-order chi connectivity index (χ1) is 8.54. The van der Waals surface area contributed by atoms with Crippen molar-refractivity contribution in [3.8, 4) is 5.75 Å². The van der Waals surface area contributed by atoms with Gasteiger partial charge in [-0.05, 0) is 29.9 Å². The quantitative estimate of drug-likeness (QED) is 0.784. The highest BCUT2D eigenvalue weighted by atomic mass is 16.5. The molecule has 3 nitrogen and oxygen atoms in total. The van der Waals surface area contributed by atoms with Crippen LogP contribution in [0, 0.1) is 5.92 Å². The lowest BCUT2D eigenvalue weighted by atomic mass is 9.94. The summed E-state index contributed by atoms with van der Waals surface area (Å²) < 4.78 is 5.79. The minimum absolute atomic E-state index is 0.163. The molecule has 0 fully saturated rings. The molecule has 0 saturated heterocycles. The molecule has 2 N–H and O–H groups in total. The second-order valence-electron chi connectivity index (χ2n) is 5.22. The minimum atomic E-state index is -0.668. The Hall–Kier alpha value is -1.06. The summed E-state index contributed by atoms with van der Waals surface area (Å²) in [6.45, 7) is 6.76. The van der Waals surface area contributed by atoms with Crippen LogP contribution >= 0.6 is 0 Å². The molecule has 2 unspecified atom stereocenters. The van der Waals surface area contributed by atoms with Crippen LogP contribution in [0.25, 0.3) is 0 Å². The first-order valence-corrected chi connectivity index (χ1v) is 6.55. The number of para-hydroxylation sites is 1. The zero-order chi connectivity index (χ0) is 13.5.